The molecule has 1 aromatic rings. The minimum absolute atomic E-state index is 0.00796. The van der Waals surface area contributed by atoms with Gasteiger partial charge in [0.1, 0.15) is 11.6 Å². The van der Waals surface area contributed by atoms with E-state index in [0.29, 0.717) is 0 Å². The maximum absolute atomic E-state index is 13.7. The van der Waals surface area contributed by atoms with Crippen LogP contribution in [0.4, 0.5) is 17.6 Å². The molecule has 2 nitrogen and oxygen atoms in total. The van der Waals surface area contributed by atoms with E-state index in [9.17, 15) is 22.4 Å². The van der Waals surface area contributed by atoms with Crippen LogP contribution in [0, 0.1) is 11.6 Å². The van der Waals surface area contributed by atoms with E-state index in [1.807, 2.05) is 0 Å². The first-order valence-corrected chi connectivity index (χ1v) is 6.08. The average molecular weight is 287 g/mol. The SMILES string of the molecule is C=Cc1cc(F)c(CC(=O)N2CCC(F)(F)C2)cc1F. The fourth-order valence-corrected chi connectivity index (χ4v) is 2.12. The fourth-order valence-electron chi connectivity index (χ4n) is 2.12. The maximum atomic E-state index is 13.7. The van der Waals surface area contributed by atoms with Gasteiger partial charge in [-0.05, 0) is 12.1 Å². The van der Waals surface area contributed by atoms with Gasteiger partial charge >= 0.3 is 0 Å². The quantitative estimate of drug-likeness (QED) is 0.783. The van der Waals surface area contributed by atoms with Gasteiger partial charge in [0.15, 0.2) is 0 Å². The third-order valence-electron chi connectivity index (χ3n) is 3.25. The molecule has 0 radical (unpaired) electrons. The summed E-state index contributed by atoms with van der Waals surface area (Å²) in [5.41, 5.74) is -0.153. The van der Waals surface area contributed by atoms with Gasteiger partial charge in [0, 0.05) is 24.1 Å². The Morgan fingerprint density at radius 3 is 2.60 bits per heavy atom. The van der Waals surface area contributed by atoms with Crippen molar-refractivity contribution in [2.24, 2.45) is 0 Å². The molecule has 0 bridgehead atoms. The Kier molecular flexibility index (Phi) is 3.83. The maximum Gasteiger partial charge on any atom is 0.267 e. The third kappa shape index (κ3) is 3.00. The summed E-state index contributed by atoms with van der Waals surface area (Å²) in [6, 6.07) is 1.84. The number of likely N-dealkylation sites (tertiary alicyclic amines) is 1. The molecule has 2 rings (SSSR count). The lowest BCUT2D eigenvalue weighted by Gasteiger charge is -2.16. The van der Waals surface area contributed by atoms with Gasteiger partial charge < -0.3 is 4.90 Å². The number of alkyl halides is 2. The van der Waals surface area contributed by atoms with Gasteiger partial charge in [-0.1, -0.05) is 12.7 Å². The van der Waals surface area contributed by atoms with E-state index in [0.717, 1.165) is 23.1 Å². The molecule has 0 unspecified atom stereocenters. The Balaban J connectivity index is 2.12. The van der Waals surface area contributed by atoms with Crippen LogP contribution >= 0.6 is 0 Å². The average Bonchev–Trinajstić information content (AvgIpc) is 2.74. The van der Waals surface area contributed by atoms with Gasteiger partial charge in [0.25, 0.3) is 5.92 Å². The van der Waals surface area contributed by atoms with Gasteiger partial charge in [0.2, 0.25) is 5.91 Å². The molecule has 1 fully saturated rings. The molecule has 0 aromatic heterocycles. The number of benzene rings is 1. The van der Waals surface area contributed by atoms with E-state index in [1.54, 1.807) is 0 Å². The van der Waals surface area contributed by atoms with Crippen LogP contribution in [0.2, 0.25) is 0 Å². The summed E-state index contributed by atoms with van der Waals surface area (Å²) in [6.45, 7) is 2.60. The van der Waals surface area contributed by atoms with Crippen LogP contribution in [0.15, 0.2) is 18.7 Å². The van der Waals surface area contributed by atoms with Crippen molar-refractivity contribution in [1.29, 1.82) is 0 Å². The molecule has 0 saturated carbocycles. The van der Waals surface area contributed by atoms with E-state index in [1.165, 1.54) is 0 Å². The van der Waals surface area contributed by atoms with Crippen molar-refractivity contribution in [3.05, 3.63) is 41.5 Å². The van der Waals surface area contributed by atoms with Crippen molar-refractivity contribution < 1.29 is 22.4 Å². The molecule has 1 heterocycles. The third-order valence-corrected chi connectivity index (χ3v) is 3.25. The molecule has 0 aliphatic carbocycles. The number of nitrogens with zero attached hydrogens (tertiary/aromatic N) is 1. The molecule has 1 aliphatic rings. The normalized spacial score (nSPS) is 17.3. The molecule has 0 atom stereocenters. The van der Waals surface area contributed by atoms with Gasteiger partial charge in [0.05, 0.1) is 13.0 Å². The zero-order valence-corrected chi connectivity index (χ0v) is 10.6. The van der Waals surface area contributed by atoms with Crippen LogP contribution in [0.25, 0.3) is 6.08 Å². The molecule has 108 valence electrons. The predicted molar refractivity (Wildman–Crippen MR) is 66.3 cm³/mol. The Hall–Kier alpha value is -1.85. The molecular formula is C14H13F4NO. The Labute approximate surface area is 113 Å². The van der Waals surface area contributed by atoms with Crippen molar-refractivity contribution in [2.45, 2.75) is 18.8 Å². The van der Waals surface area contributed by atoms with Crippen LogP contribution in [0.1, 0.15) is 17.5 Å². The van der Waals surface area contributed by atoms with Crippen molar-refractivity contribution in [3.8, 4) is 0 Å². The fraction of sp³-hybridized carbons (Fsp3) is 0.357. The smallest absolute Gasteiger partial charge is 0.267 e. The molecule has 1 amide bonds. The van der Waals surface area contributed by atoms with E-state index in [2.05, 4.69) is 6.58 Å². The molecule has 0 N–H and O–H groups in total. The Bertz CT molecular complexity index is 556. The number of carbonyl (C=O) groups excluding carboxylic acids is 1. The molecule has 1 saturated heterocycles. The van der Waals surface area contributed by atoms with Crippen LogP contribution in [-0.2, 0) is 11.2 Å². The zero-order chi connectivity index (χ0) is 14.9. The van der Waals surface area contributed by atoms with Gasteiger partial charge in [-0.25, -0.2) is 17.6 Å². The molecule has 1 aliphatic heterocycles. The second-order valence-corrected chi connectivity index (χ2v) is 4.77. The van der Waals surface area contributed by atoms with Crippen molar-refractivity contribution in [3.63, 3.8) is 0 Å². The summed E-state index contributed by atoms with van der Waals surface area (Å²) in [6.07, 6.45) is 0.326. The first-order chi connectivity index (χ1) is 9.32. The lowest BCUT2D eigenvalue weighted by atomic mass is 10.1. The van der Waals surface area contributed by atoms with Gasteiger partial charge in [-0.3, -0.25) is 4.79 Å². The highest BCUT2D eigenvalue weighted by atomic mass is 19.3. The second kappa shape index (κ2) is 5.26. The minimum atomic E-state index is -2.90. The van der Waals surface area contributed by atoms with Crippen molar-refractivity contribution in [1.82, 2.24) is 4.90 Å². The summed E-state index contributed by atoms with van der Waals surface area (Å²) in [4.78, 5) is 12.8. The van der Waals surface area contributed by atoms with E-state index >= 15 is 0 Å². The lowest BCUT2D eigenvalue weighted by molar-refractivity contribution is -0.130. The summed E-state index contributed by atoms with van der Waals surface area (Å²) in [7, 11) is 0. The molecule has 1 aromatic carbocycles. The standard InChI is InChI=1S/C14H13F4NO/c1-2-9-5-12(16)10(6-11(9)15)7-13(20)19-4-3-14(17,18)8-19/h2,5-6H,1,3-4,7-8H2. The number of halogens is 4. The summed E-state index contributed by atoms with van der Waals surface area (Å²) in [5.74, 6) is -4.98. The number of carbonyl (C=O) groups is 1. The van der Waals surface area contributed by atoms with E-state index < -0.39 is 42.9 Å². The molecular weight excluding hydrogens is 274 g/mol. The summed E-state index contributed by atoms with van der Waals surface area (Å²) < 4.78 is 53.2. The second-order valence-electron chi connectivity index (χ2n) is 4.77. The van der Waals surface area contributed by atoms with E-state index in [-0.39, 0.29) is 17.7 Å². The van der Waals surface area contributed by atoms with Crippen LogP contribution in [0.3, 0.4) is 0 Å². The molecule has 20 heavy (non-hydrogen) atoms. The lowest BCUT2D eigenvalue weighted by Crippen LogP contribution is -2.32. The Morgan fingerprint density at radius 2 is 2.05 bits per heavy atom. The van der Waals surface area contributed by atoms with Crippen molar-refractivity contribution >= 4 is 12.0 Å². The highest BCUT2D eigenvalue weighted by Gasteiger charge is 2.40. The van der Waals surface area contributed by atoms with Gasteiger partial charge in [-0.2, -0.15) is 0 Å². The number of rotatable bonds is 3. The highest BCUT2D eigenvalue weighted by molar-refractivity contribution is 5.79. The zero-order valence-electron chi connectivity index (χ0n) is 10.6. The number of amides is 1. The van der Waals surface area contributed by atoms with Crippen LogP contribution in [-0.4, -0.2) is 29.8 Å². The van der Waals surface area contributed by atoms with E-state index in [4.69, 9.17) is 0 Å². The first-order valence-electron chi connectivity index (χ1n) is 6.08. The topological polar surface area (TPSA) is 20.3 Å². The van der Waals surface area contributed by atoms with Crippen LogP contribution in [0.5, 0.6) is 0 Å². The van der Waals surface area contributed by atoms with Gasteiger partial charge in [-0.15, -0.1) is 0 Å². The Morgan fingerprint density at radius 1 is 1.35 bits per heavy atom. The van der Waals surface area contributed by atoms with Crippen LogP contribution < -0.4 is 0 Å². The van der Waals surface area contributed by atoms with Crippen molar-refractivity contribution in [2.75, 3.05) is 13.1 Å². The molecule has 6 heteroatoms. The highest BCUT2D eigenvalue weighted by Crippen LogP contribution is 2.27. The summed E-state index contributed by atoms with van der Waals surface area (Å²) in [5, 5.41) is 0. The monoisotopic (exact) mass is 287 g/mol. The predicted octanol–water partition coefficient (Wildman–Crippen LogP) is 3.02. The summed E-state index contributed by atoms with van der Waals surface area (Å²) >= 11 is 0. The first kappa shape index (κ1) is 14.6. The molecule has 0 spiro atoms. The number of hydrogen-bond acceptors (Lipinski definition) is 1. The minimum Gasteiger partial charge on any atom is -0.336 e. The largest absolute Gasteiger partial charge is 0.336 e. The number of hydrogen-bond donors (Lipinski definition) is 0.